The zero-order valence-electron chi connectivity index (χ0n) is 11.8. The molecule has 20 heavy (non-hydrogen) atoms. The third-order valence-electron chi connectivity index (χ3n) is 2.55. The van der Waals surface area contributed by atoms with Crippen molar-refractivity contribution in [2.75, 3.05) is 0 Å². The van der Waals surface area contributed by atoms with E-state index in [2.05, 4.69) is 13.2 Å². The Morgan fingerprint density at radius 2 is 2.10 bits per heavy atom. The highest BCUT2D eigenvalue weighted by molar-refractivity contribution is 5.87. The van der Waals surface area contributed by atoms with Crippen molar-refractivity contribution in [3.8, 4) is 5.75 Å². The Kier molecular flexibility index (Phi) is 6.00. The molecule has 1 rings (SSSR count). The maximum absolute atomic E-state index is 11.5. The van der Waals surface area contributed by atoms with Gasteiger partial charge in [-0.3, -0.25) is 0 Å². The van der Waals surface area contributed by atoms with Crippen molar-refractivity contribution in [1.29, 1.82) is 0 Å². The topological polar surface area (TPSA) is 55.8 Å². The molecule has 0 saturated carbocycles. The van der Waals surface area contributed by atoms with Crippen molar-refractivity contribution in [3.63, 3.8) is 0 Å². The van der Waals surface area contributed by atoms with Crippen LogP contribution in [0.25, 0.3) is 0 Å². The first kappa shape index (κ1) is 16.0. The lowest BCUT2D eigenvalue weighted by atomic mass is 10.1. The second-order valence-corrected chi connectivity index (χ2v) is 4.51. The van der Waals surface area contributed by atoms with E-state index in [0.717, 1.165) is 5.56 Å². The summed E-state index contributed by atoms with van der Waals surface area (Å²) in [6.45, 7) is 10.2. The van der Waals surface area contributed by atoms with Gasteiger partial charge in [0, 0.05) is 5.57 Å². The number of rotatable bonds is 7. The molecule has 0 bridgehead atoms. The van der Waals surface area contributed by atoms with Gasteiger partial charge in [-0.2, -0.15) is 0 Å². The van der Waals surface area contributed by atoms with Crippen molar-refractivity contribution in [3.05, 3.63) is 54.6 Å². The van der Waals surface area contributed by atoms with Crippen LogP contribution in [0.5, 0.6) is 5.75 Å². The molecule has 4 nitrogen and oxygen atoms in total. The zero-order valence-corrected chi connectivity index (χ0v) is 11.8. The molecule has 0 aliphatic rings. The second-order valence-electron chi connectivity index (χ2n) is 4.51. The number of aliphatic hydroxyl groups excluding tert-OH is 1. The number of aliphatic hydroxyl groups is 1. The van der Waals surface area contributed by atoms with E-state index >= 15 is 0 Å². The molecule has 108 valence electrons. The van der Waals surface area contributed by atoms with Gasteiger partial charge in [-0.05, 0) is 31.9 Å². The molecule has 0 aliphatic carbocycles. The van der Waals surface area contributed by atoms with Crippen molar-refractivity contribution in [1.82, 2.24) is 0 Å². The third kappa shape index (κ3) is 4.55. The first-order valence-electron chi connectivity index (χ1n) is 6.35. The van der Waals surface area contributed by atoms with Crippen LogP contribution in [0.2, 0.25) is 0 Å². The maximum Gasteiger partial charge on any atom is 0.336 e. The number of para-hydroxylation sites is 1. The number of hydrogen-bond acceptors (Lipinski definition) is 4. The average molecular weight is 276 g/mol. The Balaban J connectivity index is 2.88. The second kappa shape index (κ2) is 7.50. The van der Waals surface area contributed by atoms with E-state index in [1.54, 1.807) is 12.1 Å². The van der Waals surface area contributed by atoms with Crippen LogP contribution < -0.4 is 4.74 Å². The first-order valence-corrected chi connectivity index (χ1v) is 6.35. The van der Waals surface area contributed by atoms with Crippen LogP contribution in [0.1, 0.15) is 19.4 Å². The van der Waals surface area contributed by atoms with Gasteiger partial charge < -0.3 is 14.6 Å². The number of benzene rings is 1. The quantitative estimate of drug-likeness (QED) is 0.360. The fourth-order valence-corrected chi connectivity index (χ4v) is 1.50. The Bertz CT molecular complexity index is 491. The molecule has 0 aliphatic heterocycles. The van der Waals surface area contributed by atoms with Gasteiger partial charge in [0.15, 0.2) is 0 Å². The lowest BCUT2D eigenvalue weighted by Gasteiger charge is -2.23. The molecule has 0 spiro atoms. The number of ether oxygens (including phenoxy) is 2. The standard InChI is InChI=1S/C16H20O4/c1-5-8-13-9-6-7-10-14(13)19-16(12(4)17)20-15(18)11(2)3/h5-7,9-10,12,16-17H,1-2,8H2,3-4H3. The SMILES string of the molecule is C=CCc1ccccc1OC(OC(=O)C(=C)C)C(C)O. The van der Waals surface area contributed by atoms with E-state index in [1.807, 2.05) is 18.2 Å². The van der Waals surface area contributed by atoms with Gasteiger partial charge in [0.05, 0.1) is 0 Å². The normalized spacial score (nSPS) is 13.2. The van der Waals surface area contributed by atoms with Crippen LogP contribution in [-0.2, 0) is 16.0 Å². The zero-order chi connectivity index (χ0) is 15.1. The van der Waals surface area contributed by atoms with E-state index in [-0.39, 0.29) is 5.57 Å². The number of esters is 1. The molecule has 2 atom stereocenters. The van der Waals surface area contributed by atoms with Gasteiger partial charge in [-0.1, -0.05) is 30.9 Å². The fourth-order valence-electron chi connectivity index (χ4n) is 1.50. The van der Waals surface area contributed by atoms with Gasteiger partial charge in [0.2, 0.25) is 0 Å². The first-order chi connectivity index (χ1) is 9.45. The van der Waals surface area contributed by atoms with Gasteiger partial charge in [0.25, 0.3) is 6.29 Å². The summed E-state index contributed by atoms with van der Waals surface area (Å²) >= 11 is 0. The Morgan fingerprint density at radius 3 is 2.65 bits per heavy atom. The molecule has 0 aromatic heterocycles. The summed E-state index contributed by atoms with van der Waals surface area (Å²) in [6, 6.07) is 7.32. The van der Waals surface area contributed by atoms with Crippen LogP contribution in [0.4, 0.5) is 0 Å². The average Bonchev–Trinajstić information content (AvgIpc) is 2.39. The summed E-state index contributed by atoms with van der Waals surface area (Å²) in [5, 5.41) is 9.67. The van der Waals surface area contributed by atoms with Crippen LogP contribution >= 0.6 is 0 Å². The molecule has 1 N–H and O–H groups in total. The largest absolute Gasteiger partial charge is 0.452 e. The lowest BCUT2D eigenvalue weighted by molar-refractivity contribution is -0.173. The molecular weight excluding hydrogens is 256 g/mol. The van der Waals surface area contributed by atoms with Crippen LogP contribution in [0.3, 0.4) is 0 Å². The minimum absolute atomic E-state index is 0.249. The molecule has 0 heterocycles. The van der Waals surface area contributed by atoms with Crippen molar-refractivity contribution < 1.29 is 19.4 Å². The lowest BCUT2D eigenvalue weighted by Crippen LogP contribution is -2.34. The Hall–Kier alpha value is -2.07. The van der Waals surface area contributed by atoms with Crippen LogP contribution in [-0.4, -0.2) is 23.5 Å². The smallest absolute Gasteiger partial charge is 0.336 e. The summed E-state index contributed by atoms with van der Waals surface area (Å²) in [5.74, 6) is -0.0510. The molecular formula is C16H20O4. The van der Waals surface area contributed by atoms with E-state index in [0.29, 0.717) is 12.2 Å². The molecule has 1 aromatic rings. The number of allylic oxidation sites excluding steroid dienone is 1. The molecule has 0 amide bonds. The summed E-state index contributed by atoms with van der Waals surface area (Å²) in [6.07, 6.45) is 0.330. The third-order valence-corrected chi connectivity index (χ3v) is 2.55. The predicted molar refractivity (Wildman–Crippen MR) is 77.3 cm³/mol. The summed E-state index contributed by atoms with van der Waals surface area (Å²) in [4.78, 5) is 11.5. The van der Waals surface area contributed by atoms with Crippen molar-refractivity contribution in [2.45, 2.75) is 32.7 Å². The minimum atomic E-state index is -1.08. The molecule has 0 radical (unpaired) electrons. The van der Waals surface area contributed by atoms with Crippen LogP contribution in [0, 0.1) is 0 Å². The monoisotopic (exact) mass is 276 g/mol. The highest BCUT2D eigenvalue weighted by atomic mass is 16.7. The summed E-state index contributed by atoms with van der Waals surface area (Å²) in [7, 11) is 0. The van der Waals surface area contributed by atoms with E-state index in [9.17, 15) is 9.90 Å². The number of carbonyl (C=O) groups excluding carboxylic acids is 1. The fraction of sp³-hybridized carbons (Fsp3) is 0.312. The van der Waals surface area contributed by atoms with Gasteiger partial charge in [0.1, 0.15) is 11.9 Å². The van der Waals surface area contributed by atoms with E-state index in [4.69, 9.17) is 9.47 Å². The molecule has 1 aromatic carbocycles. The number of carbonyl (C=O) groups is 1. The molecule has 2 unspecified atom stereocenters. The summed E-state index contributed by atoms with van der Waals surface area (Å²) in [5.41, 5.74) is 1.15. The molecule has 4 heteroatoms. The van der Waals surface area contributed by atoms with Gasteiger partial charge in [-0.25, -0.2) is 4.79 Å². The Labute approximate surface area is 119 Å². The summed E-state index contributed by atoms with van der Waals surface area (Å²) < 4.78 is 10.7. The Morgan fingerprint density at radius 1 is 1.45 bits per heavy atom. The van der Waals surface area contributed by atoms with Gasteiger partial charge in [-0.15, -0.1) is 6.58 Å². The molecule has 0 fully saturated rings. The molecule has 0 saturated heterocycles. The highest BCUT2D eigenvalue weighted by Gasteiger charge is 2.22. The van der Waals surface area contributed by atoms with E-state index in [1.165, 1.54) is 13.8 Å². The maximum atomic E-state index is 11.5. The minimum Gasteiger partial charge on any atom is -0.452 e. The predicted octanol–water partition coefficient (Wildman–Crippen LogP) is 2.62. The van der Waals surface area contributed by atoms with Crippen molar-refractivity contribution in [2.24, 2.45) is 0 Å². The van der Waals surface area contributed by atoms with E-state index < -0.39 is 18.4 Å². The van der Waals surface area contributed by atoms with Crippen LogP contribution in [0.15, 0.2) is 49.1 Å². The highest BCUT2D eigenvalue weighted by Crippen LogP contribution is 2.21. The van der Waals surface area contributed by atoms with Crippen molar-refractivity contribution >= 4 is 5.97 Å². The number of hydrogen-bond donors (Lipinski definition) is 1. The van der Waals surface area contributed by atoms with Gasteiger partial charge >= 0.3 is 5.97 Å².